The zero-order valence-corrected chi connectivity index (χ0v) is 19.8. The molecule has 0 aromatic heterocycles. The van der Waals surface area contributed by atoms with E-state index in [1.165, 1.54) is 30.7 Å². The Morgan fingerprint density at radius 1 is 1.19 bits per heavy atom. The Balaban J connectivity index is 2.14. The van der Waals surface area contributed by atoms with Crippen LogP contribution in [0.15, 0.2) is 24.3 Å². The summed E-state index contributed by atoms with van der Waals surface area (Å²) in [5, 5.41) is 25.1. The molecule has 1 aliphatic rings. The second-order valence-corrected chi connectivity index (χ2v) is 13.5. The van der Waals surface area contributed by atoms with Gasteiger partial charge in [0.25, 0.3) is 5.69 Å². The molecule has 11 heteroatoms. The van der Waals surface area contributed by atoms with Crippen LogP contribution in [0.1, 0.15) is 38.5 Å². The van der Waals surface area contributed by atoms with Gasteiger partial charge in [-0.25, -0.2) is 9.59 Å². The van der Waals surface area contributed by atoms with Crippen molar-refractivity contribution in [2.75, 3.05) is 6.54 Å². The number of amides is 2. The van der Waals surface area contributed by atoms with Crippen molar-refractivity contribution in [3.8, 4) is 5.75 Å². The van der Waals surface area contributed by atoms with E-state index in [9.17, 15) is 19.7 Å². The Kier molecular flexibility index (Phi) is 9.45. The van der Waals surface area contributed by atoms with E-state index in [2.05, 4.69) is 10.6 Å². The molecule has 3 N–H and O–H groups in total. The van der Waals surface area contributed by atoms with Gasteiger partial charge in [-0.15, -0.1) is 0 Å². The van der Waals surface area contributed by atoms with Crippen molar-refractivity contribution in [2.24, 2.45) is 5.92 Å². The minimum atomic E-state index is -2.05. The molecule has 1 saturated carbocycles. The molecular formula is C21H33N3O7Si. The van der Waals surface area contributed by atoms with E-state index in [0.29, 0.717) is 12.3 Å². The first kappa shape index (κ1) is 25.6. The maximum absolute atomic E-state index is 12.6. The lowest BCUT2D eigenvalue weighted by Gasteiger charge is -2.35. The van der Waals surface area contributed by atoms with Crippen LogP contribution < -0.4 is 15.4 Å². The number of nitrogens with one attached hydrogen (secondary N) is 2. The number of hydrogen-bond acceptors (Lipinski definition) is 6. The summed E-state index contributed by atoms with van der Waals surface area (Å²) in [5.41, 5.74) is -0.101. The number of nitro groups is 1. The summed E-state index contributed by atoms with van der Waals surface area (Å²) < 4.78 is 11.6. The largest absolute Gasteiger partial charge is 0.465 e. The third-order valence-corrected chi connectivity index (χ3v) is 6.29. The molecule has 32 heavy (non-hydrogen) atoms. The summed E-state index contributed by atoms with van der Waals surface area (Å²) >= 11 is 0. The minimum Gasteiger partial charge on any atom is -0.465 e. The number of non-ortho nitro benzene ring substituents is 1. The first-order valence-electron chi connectivity index (χ1n) is 10.9. The summed E-state index contributed by atoms with van der Waals surface area (Å²) in [7, 11) is -2.05. The Morgan fingerprint density at radius 3 is 2.34 bits per heavy atom. The van der Waals surface area contributed by atoms with Gasteiger partial charge in [-0.2, -0.15) is 0 Å². The molecule has 1 aliphatic carbocycles. The van der Waals surface area contributed by atoms with Crippen LogP contribution in [0, 0.1) is 16.0 Å². The molecule has 0 heterocycles. The highest BCUT2D eigenvalue weighted by molar-refractivity contribution is 6.69. The predicted octanol–water partition coefficient (Wildman–Crippen LogP) is 4.51. The summed E-state index contributed by atoms with van der Waals surface area (Å²) in [6, 6.07) is 4.79. The Morgan fingerprint density at radius 2 is 1.81 bits per heavy atom. The van der Waals surface area contributed by atoms with Gasteiger partial charge in [0, 0.05) is 18.7 Å². The average Bonchev–Trinajstić information content (AvgIpc) is 2.71. The third kappa shape index (κ3) is 9.23. The molecule has 178 valence electrons. The number of nitro benzene ring substituents is 1. The Bertz CT molecular complexity index is 777. The zero-order valence-electron chi connectivity index (χ0n) is 18.8. The lowest BCUT2D eigenvalue weighted by atomic mass is 9.83. The third-order valence-electron chi connectivity index (χ3n) is 5.28. The first-order chi connectivity index (χ1) is 15.0. The van der Waals surface area contributed by atoms with Crippen molar-refractivity contribution in [1.82, 2.24) is 10.6 Å². The number of carbonyl (C=O) groups is 2. The van der Waals surface area contributed by atoms with E-state index in [4.69, 9.17) is 14.3 Å². The summed E-state index contributed by atoms with van der Waals surface area (Å²) in [6.07, 6.45) is 3.85. The van der Waals surface area contributed by atoms with Crippen LogP contribution in [-0.4, -0.2) is 49.2 Å². The van der Waals surface area contributed by atoms with E-state index >= 15 is 0 Å². The van der Waals surface area contributed by atoms with Crippen molar-refractivity contribution in [3.05, 3.63) is 34.4 Å². The zero-order chi connectivity index (χ0) is 23.7. The fourth-order valence-electron chi connectivity index (χ4n) is 3.92. The average molecular weight is 468 g/mol. The second-order valence-electron chi connectivity index (χ2n) is 9.09. The second kappa shape index (κ2) is 11.8. The van der Waals surface area contributed by atoms with E-state index in [1.807, 2.05) is 19.6 Å². The van der Waals surface area contributed by atoms with Crippen LogP contribution in [0.2, 0.25) is 19.6 Å². The van der Waals surface area contributed by atoms with Crippen LogP contribution in [-0.2, 0) is 4.43 Å². The fourth-order valence-corrected chi connectivity index (χ4v) is 5.07. The van der Waals surface area contributed by atoms with Gasteiger partial charge >= 0.3 is 12.2 Å². The van der Waals surface area contributed by atoms with Crippen molar-refractivity contribution >= 4 is 26.2 Å². The first-order valence-corrected chi connectivity index (χ1v) is 14.3. The maximum atomic E-state index is 12.6. The molecule has 10 nitrogen and oxygen atoms in total. The molecule has 1 aromatic carbocycles. The minimum absolute atomic E-state index is 0.0504. The van der Waals surface area contributed by atoms with Crippen molar-refractivity contribution in [3.63, 3.8) is 0 Å². The van der Waals surface area contributed by atoms with Crippen molar-refractivity contribution in [2.45, 2.75) is 70.3 Å². The quantitative estimate of drug-likeness (QED) is 0.261. The number of ether oxygens (including phenoxy) is 1. The van der Waals surface area contributed by atoms with Crippen LogP contribution in [0.3, 0.4) is 0 Å². The smallest absolute Gasteiger partial charge is 0.412 e. The summed E-state index contributed by atoms with van der Waals surface area (Å²) in [6.45, 7) is 6.07. The number of carbonyl (C=O) groups excluding carboxylic acids is 1. The lowest BCUT2D eigenvalue weighted by molar-refractivity contribution is -0.384. The molecule has 2 amide bonds. The number of hydrogen-bond donors (Lipinski definition) is 3. The molecular weight excluding hydrogens is 434 g/mol. The fraction of sp³-hybridized carbons (Fsp3) is 0.619. The number of benzene rings is 1. The molecule has 1 fully saturated rings. The molecule has 2 atom stereocenters. The number of nitrogens with zero attached hydrogens (tertiary/aromatic N) is 1. The van der Waals surface area contributed by atoms with Crippen LogP contribution in [0.5, 0.6) is 5.75 Å². The SMILES string of the molecule is C[Si](C)(C)O[C@@H](CNC(=O)O)[C@H](CC1CCCCC1)NC(=O)Oc1ccc([N+](=O)[O-])cc1. The number of carboxylic acid groups (broad SMARTS) is 1. The lowest BCUT2D eigenvalue weighted by Crippen LogP contribution is -2.53. The van der Waals surface area contributed by atoms with Crippen LogP contribution >= 0.6 is 0 Å². The van der Waals surface area contributed by atoms with Gasteiger partial charge in [0.05, 0.1) is 17.1 Å². The molecule has 0 unspecified atom stereocenters. The molecule has 0 bridgehead atoms. The van der Waals surface area contributed by atoms with Gasteiger partial charge in [-0.05, 0) is 44.1 Å². The monoisotopic (exact) mass is 467 g/mol. The van der Waals surface area contributed by atoms with E-state index < -0.39 is 37.6 Å². The Labute approximate surface area is 189 Å². The molecule has 0 aliphatic heterocycles. The van der Waals surface area contributed by atoms with Crippen molar-refractivity contribution in [1.29, 1.82) is 0 Å². The predicted molar refractivity (Wildman–Crippen MR) is 121 cm³/mol. The van der Waals surface area contributed by atoms with E-state index in [0.717, 1.165) is 25.7 Å². The topological polar surface area (TPSA) is 140 Å². The molecule has 2 rings (SSSR count). The molecule has 0 saturated heterocycles. The van der Waals surface area contributed by atoms with Crippen LogP contribution in [0.25, 0.3) is 0 Å². The Hall–Kier alpha value is -2.66. The number of rotatable bonds is 10. The highest BCUT2D eigenvalue weighted by Crippen LogP contribution is 2.29. The highest BCUT2D eigenvalue weighted by atomic mass is 28.4. The molecule has 0 spiro atoms. The summed E-state index contributed by atoms with van der Waals surface area (Å²) in [5.74, 6) is 0.585. The van der Waals surface area contributed by atoms with E-state index in [-0.39, 0.29) is 18.0 Å². The van der Waals surface area contributed by atoms with Gasteiger partial charge in [-0.3, -0.25) is 10.1 Å². The van der Waals surface area contributed by atoms with Gasteiger partial charge in [-0.1, -0.05) is 32.1 Å². The van der Waals surface area contributed by atoms with Gasteiger partial charge in [0.1, 0.15) is 5.75 Å². The normalized spacial score (nSPS) is 16.6. The van der Waals surface area contributed by atoms with E-state index in [1.54, 1.807) is 0 Å². The van der Waals surface area contributed by atoms with Gasteiger partial charge in [0.2, 0.25) is 0 Å². The standard InChI is InChI=1S/C21H33N3O7Si/c1-32(2,3)31-19(14-22-20(25)26)18(13-15-7-5-4-6-8-15)23-21(27)30-17-11-9-16(10-12-17)24(28)29/h9-12,15,18-19,22H,4-8,13-14H2,1-3H3,(H,23,27)(H,25,26)/t18-,19-/m0/s1. The molecule has 0 radical (unpaired) electrons. The molecule has 1 aromatic rings. The van der Waals surface area contributed by atoms with Gasteiger partial charge in [0.15, 0.2) is 8.32 Å². The maximum Gasteiger partial charge on any atom is 0.412 e. The highest BCUT2D eigenvalue weighted by Gasteiger charge is 2.32. The van der Waals surface area contributed by atoms with Crippen molar-refractivity contribution < 1.29 is 28.8 Å². The summed E-state index contributed by atoms with van der Waals surface area (Å²) in [4.78, 5) is 34.0. The van der Waals surface area contributed by atoms with Crippen LogP contribution in [0.4, 0.5) is 15.3 Å². The van der Waals surface area contributed by atoms with Gasteiger partial charge < -0.3 is 24.9 Å².